The van der Waals surface area contributed by atoms with E-state index in [1.807, 2.05) is 6.92 Å². The third-order valence-electron chi connectivity index (χ3n) is 1.41. The largest absolute Gasteiger partial charge is 0.355 e. The van der Waals surface area contributed by atoms with Gasteiger partial charge in [0, 0.05) is 6.54 Å². The lowest BCUT2D eigenvalue weighted by Crippen LogP contribution is -2.40. The van der Waals surface area contributed by atoms with Crippen LogP contribution in [0.2, 0.25) is 0 Å². The Morgan fingerprint density at radius 3 is 2.73 bits per heavy atom. The summed E-state index contributed by atoms with van der Waals surface area (Å²) in [4.78, 5) is 11.0. The van der Waals surface area contributed by atoms with E-state index < -0.39 is 6.04 Å². The summed E-state index contributed by atoms with van der Waals surface area (Å²) in [6.07, 6.45) is 1.47. The number of carbonyl (C=O) groups is 1. The molecule has 0 radical (unpaired) electrons. The molecule has 11 heavy (non-hydrogen) atoms. The summed E-state index contributed by atoms with van der Waals surface area (Å²) in [5.74, 6) is -0.0825. The first kappa shape index (κ1) is 10.4. The van der Waals surface area contributed by atoms with Gasteiger partial charge < -0.3 is 16.8 Å². The molecule has 0 aliphatic rings. The van der Waals surface area contributed by atoms with Crippen molar-refractivity contribution in [3.8, 4) is 0 Å². The van der Waals surface area contributed by atoms with E-state index in [-0.39, 0.29) is 5.91 Å². The highest BCUT2D eigenvalue weighted by atomic mass is 16.2. The summed E-state index contributed by atoms with van der Waals surface area (Å²) in [6, 6.07) is -0.390. The monoisotopic (exact) mass is 159 g/mol. The number of hydrogen-bond acceptors (Lipinski definition) is 3. The van der Waals surface area contributed by atoms with Gasteiger partial charge in [-0.25, -0.2) is 0 Å². The van der Waals surface area contributed by atoms with E-state index in [4.69, 9.17) is 11.5 Å². The maximum atomic E-state index is 11.0. The second-order valence-electron chi connectivity index (χ2n) is 2.43. The van der Waals surface area contributed by atoms with Crippen molar-refractivity contribution in [1.29, 1.82) is 0 Å². The van der Waals surface area contributed by atoms with E-state index in [9.17, 15) is 4.79 Å². The molecule has 0 aromatic carbocycles. The molecular formula is C7H17N3O. The van der Waals surface area contributed by atoms with Crippen LogP contribution in [0.15, 0.2) is 0 Å². The SMILES string of the molecule is CCNC(=O)[C@@H](N)CCCN. The van der Waals surface area contributed by atoms with Crippen LogP contribution in [0.1, 0.15) is 19.8 Å². The lowest BCUT2D eigenvalue weighted by molar-refractivity contribution is -0.122. The van der Waals surface area contributed by atoms with Gasteiger partial charge in [0.1, 0.15) is 0 Å². The predicted octanol–water partition coefficient (Wildman–Crippen LogP) is -0.811. The van der Waals surface area contributed by atoms with E-state index in [1.165, 1.54) is 0 Å². The Kier molecular flexibility index (Phi) is 5.78. The third kappa shape index (κ3) is 4.75. The molecule has 0 aliphatic heterocycles. The van der Waals surface area contributed by atoms with Crippen LogP contribution < -0.4 is 16.8 Å². The number of rotatable bonds is 5. The molecule has 0 aliphatic carbocycles. The molecule has 0 saturated carbocycles. The molecule has 0 spiro atoms. The van der Waals surface area contributed by atoms with Crippen LogP contribution in [0.3, 0.4) is 0 Å². The van der Waals surface area contributed by atoms with Gasteiger partial charge in [0.25, 0.3) is 0 Å². The Morgan fingerprint density at radius 1 is 1.64 bits per heavy atom. The third-order valence-corrected chi connectivity index (χ3v) is 1.41. The van der Waals surface area contributed by atoms with E-state index in [2.05, 4.69) is 5.32 Å². The summed E-state index contributed by atoms with van der Waals surface area (Å²) in [5.41, 5.74) is 10.8. The Labute approximate surface area is 67.3 Å². The van der Waals surface area contributed by atoms with E-state index >= 15 is 0 Å². The second kappa shape index (κ2) is 6.12. The Bertz CT molecular complexity index is 116. The first-order chi connectivity index (χ1) is 5.22. The van der Waals surface area contributed by atoms with Crippen molar-refractivity contribution < 1.29 is 4.79 Å². The van der Waals surface area contributed by atoms with Crippen LogP contribution in [-0.2, 0) is 4.79 Å². The fourth-order valence-corrected chi connectivity index (χ4v) is 0.774. The summed E-state index contributed by atoms with van der Waals surface area (Å²) < 4.78 is 0. The van der Waals surface area contributed by atoms with Crippen LogP contribution in [0.25, 0.3) is 0 Å². The first-order valence-corrected chi connectivity index (χ1v) is 3.95. The van der Waals surface area contributed by atoms with Gasteiger partial charge in [0.05, 0.1) is 6.04 Å². The number of nitrogens with one attached hydrogen (secondary N) is 1. The lowest BCUT2D eigenvalue weighted by atomic mass is 10.1. The Morgan fingerprint density at radius 2 is 2.27 bits per heavy atom. The standard InChI is InChI=1S/C7H17N3O/c1-2-10-7(11)6(9)4-3-5-8/h6H,2-5,8-9H2,1H3,(H,10,11)/t6-/m0/s1. The second-order valence-corrected chi connectivity index (χ2v) is 2.43. The fourth-order valence-electron chi connectivity index (χ4n) is 0.774. The van der Waals surface area contributed by atoms with Crippen molar-refractivity contribution >= 4 is 5.91 Å². The van der Waals surface area contributed by atoms with Crippen molar-refractivity contribution in [3.63, 3.8) is 0 Å². The number of amides is 1. The molecule has 0 bridgehead atoms. The average Bonchev–Trinajstić information content (AvgIpc) is 2.00. The smallest absolute Gasteiger partial charge is 0.236 e. The molecule has 0 unspecified atom stereocenters. The zero-order chi connectivity index (χ0) is 8.69. The van der Waals surface area contributed by atoms with Gasteiger partial charge >= 0.3 is 0 Å². The summed E-state index contributed by atoms with van der Waals surface area (Å²) in [7, 11) is 0. The van der Waals surface area contributed by atoms with Gasteiger partial charge in [-0.05, 0) is 26.3 Å². The van der Waals surface area contributed by atoms with E-state index in [1.54, 1.807) is 0 Å². The summed E-state index contributed by atoms with van der Waals surface area (Å²) in [5, 5.41) is 2.65. The minimum atomic E-state index is -0.390. The summed E-state index contributed by atoms with van der Waals surface area (Å²) in [6.45, 7) is 3.09. The zero-order valence-corrected chi connectivity index (χ0v) is 6.97. The molecule has 4 nitrogen and oxygen atoms in total. The summed E-state index contributed by atoms with van der Waals surface area (Å²) >= 11 is 0. The van der Waals surface area contributed by atoms with Crippen molar-refractivity contribution in [3.05, 3.63) is 0 Å². The van der Waals surface area contributed by atoms with Crippen LogP contribution in [0.4, 0.5) is 0 Å². The highest BCUT2D eigenvalue weighted by molar-refractivity contribution is 5.81. The quantitative estimate of drug-likeness (QED) is 0.490. The van der Waals surface area contributed by atoms with E-state index in [0.29, 0.717) is 19.5 Å². The molecule has 66 valence electrons. The molecule has 0 heterocycles. The van der Waals surface area contributed by atoms with Gasteiger partial charge in [-0.3, -0.25) is 4.79 Å². The minimum absolute atomic E-state index is 0.0825. The Balaban J connectivity index is 3.46. The van der Waals surface area contributed by atoms with Crippen LogP contribution >= 0.6 is 0 Å². The first-order valence-electron chi connectivity index (χ1n) is 3.95. The van der Waals surface area contributed by atoms with Gasteiger partial charge in [0.15, 0.2) is 0 Å². The van der Waals surface area contributed by atoms with Crippen molar-refractivity contribution in [2.45, 2.75) is 25.8 Å². The van der Waals surface area contributed by atoms with Crippen molar-refractivity contribution in [2.75, 3.05) is 13.1 Å². The average molecular weight is 159 g/mol. The van der Waals surface area contributed by atoms with Crippen LogP contribution in [0, 0.1) is 0 Å². The lowest BCUT2D eigenvalue weighted by Gasteiger charge is -2.09. The topological polar surface area (TPSA) is 81.1 Å². The van der Waals surface area contributed by atoms with Gasteiger partial charge in [-0.15, -0.1) is 0 Å². The number of carbonyl (C=O) groups excluding carboxylic acids is 1. The predicted molar refractivity (Wildman–Crippen MR) is 44.9 cm³/mol. The Hall–Kier alpha value is -0.610. The molecule has 1 amide bonds. The molecular weight excluding hydrogens is 142 g/mol. The fraction of sp³-hybridized carbons (Fsp3) is 0.857. The zero-order valence-electron chi connectivity index (χ0n) is 6.97. The van der Waals surface area contributed by atoms with E-state index in [0.717, 1.165) is 6.42 Å². The number of likely N-dealkylation sites (N-methyl/N-ethyl adjacent to an activating group) is 1. The minimum Gasteiger partial charge on any atom is -0.355 e. The molecule has 0 saturated heterocycles. The van der Waals surface area contributed by atoms with Crippen molar-refractivity contribution in [1.82, 2.24) is 5.32 Å². The van der Waals surface area contributed by atoms with Crippen LogP contribution in [-0.4, -0.2) is 25.0 Å². The highest BCUT2D eigenvalue weighted by Gasteiger charge is 2.10. The molecule has 5 N–H and O–H groups in total. The molecule has 0 aromatic heterocycles. The molecule has 0 aromatic rings. The molecule has 0 rings (SSSR count). The van der Waals surface area contributed by atoms with Gasteiger partial charge in [-0.1, -0.05) is 0 Å². The molecule has 1 atom stereocenters. The molecule has 0 fully saturated rings. The van der Waals surface area contributed by atoms with Gasteiger partial charge in [0.2, 0.25) is 5.91 Å². The number of nitrogens with two attached hydrogens (primary N) is 2. The maximum absolute atomic E-state index is 11.0. The highest BCUT2D eigenvalue weighted by Crippen LogP contribution is 1.91. The molecule has 4 heteroatoms. The van der Waals surface area contributed by atoms with Crippen LogP contribution in [0.5, 0.6) is 0 Å². The van der Waals surface area contributed by atoms with Crippen molar-refractivity contribution in [2.24, 2.45) is 11.5 Å². The van der Waals surface area contributed by atoms with Gasteiger partial charge in [-0.2, -0.15) is 0 Å². The maximum Gasteiger partial charge on any atom is 0.236 e. The normalized spacial score (nSPS) is 12.6. The number of hydrogen-bond donors (Lipinski definition) is 3.